The standard InChI is InChI=1S/C23H30BrN3O4S/c1-17(2)14-25-23(29)18(3)26(15-19-9-6-5-7-10-19)22(28)16-27(32(4,30)31)21-12-8-11-20(24)13-21/h5-13,17-18H,14-16H2,1-4H3,(H,25,29)/t18-/m1/s1. The molecule has 0 unspecified atom stereocenters. The van der Waals surface area contributed by atoms with Crippen LogP contribution in [0.5, 0.6) is 0 Å². The third-order valence-corrected chi connectivity index (χ3v) is 6.46. The van der Waals surface area contributed by atoms with E-state index in [1.165, 1.54) is 4.90 Å². The second-order valence-electron chi connectivity index (χ2n) is 8.07. The molecule has 0 bridgehead atoms. The van der Waals surface area contributed by atoms with E-state index in [4.69, 9.17) is 0 Å². The van der Waals surface area contributed by atoms with Crippen LogP contribution in [0.2, 0.25) is 0 Å². The topological polar surface area (TPSA) is 86.8 Å². The number of hydrogen-bond donors (Lipinski definition) is 1. The Hall–Kier alpha value is -2.39. The summed E-state index contributed by atoms with van der Waals surface area (Å²) in [6.45, 7) is 5.89. The summed E-state index contributed by atoms with van der Waals surface area (Å²) in [5.74, 6) is -0.482. The molecule has 7 nitrogen and oxygen atoms in total. The minimum absolute atomic E-state index is 0.187. The molecule has 0 fully saturated rings. The fraction of sp³-hybridized carbons (Fsp3) is 0.391. The fourth-order valence-corrected chi connectivity index (χ4v) is 4.29. The number of benzene rings is 2. The molecule has 2 amide bonds. The highest BCUT2D eigenvalue weighted by molar-refractivity contribution is 9.10. The van der Waals surface area contributed by atoms with Gasteiger partial charge < -0.3 is 10.2 Å². The SMILES string of the molecule is CC(C)CNC(=O)[C@@H](C)N(Cc1ccccc1)C(=O)CN(c1cccc(Br)c1)S(C)(=O)=O. The van der Waals surface area contributed by atoms with Crippen LogP contribution in [0.25, 0.3) is 0 Å². The number of amides is 2. The Labute approximate surface area is 199 Å². The monoisotopic (exact) mass is 523 g/mol. The number of anilines is 1. The Morgan fingerprint density at radius 1 is 1.03 bits per heavy atom. The minimum atomic E-state index is -3.74. The van der Waals surface area contributed by atoms with E-state index in [-0.39, 0.29) is 18.4 Å². The van der Waals surface area contributed by atoms with Crippen molar-refractivity contribution in [3.8, 4) is 0 Å². The number of rotatable bonds is 10. The maximum atomic E-state index is 13.4. The van der Waals surface area contributed by atoms with Gasteiger partial charge in [0.05, 0.1) is 11.9 Å². The highest BCUT2D eigenvalue weighted by Crippen LogP contribution is 2.23. The lowest BCUT2D eigenvalue weighted by Gasteiger charge is -2.31. The van der Waals surface area contributed by atoms with Crippen molar-refractivity contribution in [1.29, 1.82) is 0 Å². The Bertz CT molecular complexity index is 1030. The molecular formula is C23H30BrN3O4S. The van der Waals surface area contributed by atoms with Gasteiger partial charge in [-0.05, 0) is 36.6 Å². The molecule has 174 valence electrons. The number of hydrogen-bond acceptors (Lipinski definition) is 4. The van der Waals surface area contributed by atoms with Gasteiger partial charge in [-0.3, -0.25) is 13.9 Å². The first-order valence-electron chi connectivity index (χ1n) is 10.3. The summed E-state index contributed by atoms with van der Waals surface area (Å²) >= 11 is 3.34. The second kappa shape index (κ2) is 11.5. The summed E-state index contributed by atoms with van der Waals surface area (Å²) in [6, 6.07) is 15.3. The Balaban J connectivity index is 2.33. The molecule has 0 aliphatic rings. The Kier molecular flexibility index (Phi) is 9.27. The van der Waals surface area contributed by atoms with E-state index in [9.17, 15) is 18.0 Å². The molecule has 1 atom stereocenters. The van der Waals surface area contributed by atoms with Crippen molar-refractivity contribution in [2.45, 2.75) is 33.4 Å². The van der Waals surface area contributed by atoms with Gasteiger partial charge in [-0.2, -0.15) is 0 Å². The van der Waals surface area contributed by atoms with E-state index in [1.807, 2.05) is 44.2 Å². The maximum Gasteiger partial charge on any atom is 0.244 e. The van der Waals surface area contributed by atoms with Crippen LogP contribution in [0.4, 0.5) is 5.69 Å². The minimum Gasteiger partial charge on any atom is -0.354 e. The number of carbonyl (C=O) groups is 2. The summed E-state index contributed by atoms with van der Waals surface area (Å²) in [7, 11) is -3.74. The first kappa shape index (κ1) is 25.9. The van der Waals surface area contributed by atoms with Gasteiger partial charge in [-0.25, -0.2) is 8.42 Å². The number of sulfonamides is 1. The van der Waals surface area contributed by atoms with Crippen LogP contribution >= 0.6 is 15.9 Å². The van der Waals surface area contributed by atoms with E-state index in [0.717, 1.165) is 16.1 Å². The number of nitrogens with zero attached hydrogens (tertiary/aromatic N) is 2. The molecule has 0 aliphatic heterocycles. The molecule has 0 aromatic heterocycles. The molecule has 0 spiro atoms. The summed E-state index contributed by atoms with van der Waals surface area (Å²) in [6.07, 6.45) is 1.06. The van der Waals surface area contributed by atoms with E-state index in [1.54, 1.807) is 31.2 Å². The molecular weight excluding hydrogens is 494 g/mol. The van der Waals surface area contributed by atoms with Gasteiger partial charge in [0, 0.05) is 17.6 Å². The van der Waals surface area contributed by atoms with Crippen LogP contribution in [-0.4, -0.2) is 50.5 Å². The highest BCUT2D eigenvalue weighted by atomic mass is 79.9. The van der Waals surface area contributed by atoms with E-state index in [0.29, 0.717) is 16.7 Å². The predicted molar refractivity (Wildman–Crippen MR) is 131 cm³/mol. The molecule has 9 heteroatoms. The first-order chi connectivity index (χ1) is 15.0. The average Bonchev–Trinajstić information content (AvgIpc) is 2.73. The van der Waals surface area contributed by atoms with Gasteiger partial charge >= 0.3 is 0 Å². The van der Waals surface area contributed by atoms with E-state index in [2.05, 4.69) is 21.2 Å². The maximum absolute atomic E-state index is 13.4. The fourth-order valence-electron chi connectivity index (χ4n) is 3.06. The molecule has 2 aromatic carbocycles. The van der Waals surface area contributed by atoms with Crippen LogP contribution < -0.4 is 9.62 Å². The van der Waals surface area contributed by atoms with Gasteiger partial charge in [-0.15, -0.1) is 0 Å². The molecule has 0 saturated heterocycles. The second-order valence-corrected chi connectivity index (χ2v) is 10.9. The van der Waals surface area contributed by atoms with Crippen molar-refractivity contribution in [1.82, 2.24) is 10.2 Å². The Morgan fingerprint density at radius 3 is 2.25 bits per heavy atom. The van der Waals surface area contributed by atoms with E-state index < -0.39 is 28.5 Å². The molecule has 0 saturated carbocycles. The highest BCUT2D eigenvalue weighted by Gasteiger charge is 2.30. The molecule has 2 rings (SSSR count). The molecule has 0 radical (unpaired) electrons. The van der Waals surface area contributed by atoms with Gasteiger partial charge in [0.15, 0.2) is 0 Å². The summed E-state index contributed by atoms with van der Waals surface area (Å²) in [5, 5.41) is 2.85. The number of halogens is 1. The average molecular weight is 524 g/mol. The normalized spacial score (nSPS) is 12.3. The zero-order valence-corrected chi connectivity index (χ0v) is 21.2. The van der Waals surface area contributed by atoms with Crippen molar-refractivity contribution < 1.29 is 18.0 Å². The van der Waals surface area contributed by atoms with E-state index >= 15 is 0 Å². The molecule has 0 aliphatic carbocycles. The predicted octanol–water partition coefficient (Wildman–Crippen LogP) is 3.40. The van der Waals surface area contributed by atoms with Crippen molar-refractivity contribution in [3.05, 3.63) is 64.6 Å². The van der Waals surface area contributed by atoms with Crippen molar-refractivity contribution in [2.75, 3.05) is 23.7 Å². The smallest absolute Gasteiger partial charge is 0.244 e. The van der Waals surface area contributed by atoms with Crippen molar-refractivity contribution >= 4 is 43.5 Å². The third-order valence-electron chi connectivity index (χ3n) is 4.82. The number of nitrogens with one attached hydrogen (secondary N) is 1. The van der Waals surface area contributed by atoms with Crippen LogP contribution in [0.3, 0.4) is 0 Å². The quantitative estimate of drug-likeness (QED) is 0.516. The van der Waals surface area contributed by atoms with Crippen LogP contribution in [-0.2, 0) is 26.2 Å². The summed E-state index contributed by atoms with van der Waals surface area (Å²) in [4.78, 5) is 27.5. The molecule has 0 heterocycles. The summed E-state index contributed by atoms with van der Waals surface area (Å²) < 4.78 is 26.7. The third kappa shape index (κ3) is 7.63. The largest absolute Gasteiger partial charge is 0.354 e. The van der Waals surface area contributed by atoms with Crippen LogP contribution in [0, 0.1) is 5.92 Å². The lowest BCUT2D eigenvalue weighted by Crippen LogP contribution is -2.51. The van der Waals surface area contributed by atoms with Crippen LogP contribution in [0.15, 0.2) is 59.1 Å². The zero-order chi connectivity index (χ0) is 23.9. The lowest BCUT2D eigenvalue weighted by molar-refractivity contribution is -0.139. The zero-order valence-electron chi connectivity index (χ0n) is 18.8. The molecule has 32 heavy (non-hydrogen) atoms. The van der Waals surface area contributed by atoms with Gasteiger partial charge in [0.25, 0.3) is 0 Å². The lowest BCUT2D eigenvalue weighted by atomic mass is 10.1. The van der Waals surface area contributed by atoms with Crippen molar-refractivity contribution in [3.63, 3.8) is 0 Å². The van der Waals surface area contributed by atoms with Gasteiger partial charge in [-0.1, -0.05) is 66.2 Å². The molecule has 1 N–H and O–H groups in total. The molecule has 2 aromatic rings. The first-order valence-corrected chi connectivity index (χ1v) is 13.0. The summed E-state index contributed by atoms with van der Waals surface area (Å²) in [5.41, 5.74) is 1.21. The van der Waals surface area contributed by atoms with Gasteiger partial charge in [0.2, 0.25) is 21.8 Å². The van der Waals surface area contributed by atoms with Crippen molar-refractivity contribution in [2.24, 2.45) is 5.92 Å². The van der Waals surface area contributed by atoms with Gasteiger partial charge in [0.1, 0.15) is 12.6 Å². The Morgan fingerprint density at radius 2 is 1.69 bits per heavy atom. The van der Waals surface area contributed by atoms with Crippen LogP contribution in [0.1, 0.15) is 26.3 Å². The number of carbonyl (C=O) groups excluding carboxylic acids is 2.